The highest BCUT2D eigenvalue weighted by molar-refractivity contribution is 5.83. The molecule has 0 amide bonds. The maximum absolute atomic E-state index is 12.3. The zero-order chi connectivity index (χ0) is 13.0. The number of carbonyl (C=O) groups is 1. The van der Waals surface area contributed by atoms with Crippen molar-refractivity contribution in [2.75, 3.05) is 33.2 Å². The Bertz CT molecular complexity index is 274. The first-order valence-electron chi connectivity index (χ1n) is 7.66. The van der Waals surface area contributed by atoms with E-state index in [1.807, 2.05) is 0 Å². The minimum absolute atomic E-state index is 0.374. The summed E-state index contributed by atoms with van der Waals surface area (Å²) in [7, 11) is 2.20. The summed E-state index contributed by atoms with van der Waals surface area (Å²) >= 11 is 0. The first kappa shape index (κ1) is 14.0. The molecule has 0 radical (unpaired) electrons. The van der Waals surface area contributed by atoms with E-state index in [4.69, 9.17) is 0 Å². The first-order valence-corrected chi connectivity index (χ1v) is 7.66. The first-order chi connectivity index (χ1) is 8.70. The van der Waals surface area contributed by atoms with Crippen LogP contribution in [-0.4, -0.2) is 54.9 Å². The molecule has 0 aromatic heterocycles. The third-order valence-electron chi connectivity index (χ3n) is 4.77. The van der Waals surface area contributed by atoms with E-state index >= 15 is 0 Å². The number of hydrogen-bond acceptors (Lipinski definition) is 3. The van der Waals surface area contributed by atoms with E-state index < -0.39 is 0 Å². The summed E-state index contributed by atoms with van der Waals surface area (Å²) < 4.78 is 0. The SMILES string of the molecule is CCC1CN(CC(=O)C2CCCCC2)CCN1C. The zero-order valence-electron chi connectivity index (χ0n) is 12.0. The number of rotatable bonds is 4. The molecule has 3 heteroatoms. The number of hydrogen-bond donors (Lipinski definition) is 0. The molecule has 2 fully saturated rings. The van der Waals surface area contributed by atoms with Gasteiger partial charge in [0.1, 0.15) is 5.78 Å². The van der Waals surface area contributed by atoms with Crippen LogP contribution in [0.3, 0.4) is 0 Å². The fraction of sp³-hybridized carbons (Fsp3) is 0.933. The molecule has 18 heavy (non-hydrogen) atoms. The van der Waals surface area contributed by atoms with Gasteiger partial charge < -0.3 is 4.90 Å². The van der Waals surface area contributed by atoms with Crippen LogP contribution in [0.2, 0.25) is 0 Å². The Kier molecular flexibility index (Phi) is 5.19. The van der Waals surface area contributed by atoms with Crippen molar-refractivity contribution in [3.8, 4) is 0 Å². The van der Waals surface area contributed by atoms with E-state index in [-0.39, 0.29) is 0 Å². The van der Waals surface area contributed by atoms with Gasteiger partial charge in [0.25, 0.3) is 0 Å². The lowest BCUT2D eigenvalue weighted by atomic mass is 9.86. The van der Waals surface area contributed by atoms with Crippen molar-refractivity contribution in [1.29, 1.82) is 0 Å². The maximum atomic E-state index is 12.3. The third-order valence-corrected chi connectivity index (χ3v) is 4.77. The molecule has 1 aliphatic carbocycles. The Morgan fingerprint density at radius 2 is 1.89 bits per heavy atom. The van der Waals surface area contributed by atoms with E-state index in [0.717, 1.165) is 32.5 Å². The molecule has 0 aromatic carbocycles. The molecule has 1 saturated heterocycles. The second-order valence-electron chi connectivity index (χ2n) is 6.08. The lowest BCUT2D eigenvalue weighted by Crippen LogP contribution is -2.52. The number of piperazine rings is 1. The van der Waals surface area contributed by atoms with Crippen LogP contribution < -0.4 is 0 Å². The van der Waals surface area contributed by atoms with E-state index in [2.05, 4.69) is 23.8 Å². The lowest BCUT2D eigenvalue weighted by Gasteiger charge is -2.39. The van der Waals surface area contributed by atoms with E-state index in [1.54, 1.807) is 0 Å². The van der Waals surface area contributed by atoms with Crippen molar-refractivity contribution in [2.24, 2.45) is 5.92 Å². The van der Waals surface area contributed by atoms with Crippen LogP contribution in [0.15, 0.2) is 0 Å². The summed E-state index contributed by atoms with van der Waals surface area (Å²) in [6.45, 7) is 6.19. The maximum Gasteiger partial charge on any atom is 0.149 e. The average Bonchev–Trinajstić information content (AvgIpc) is 2.42. The summed E-state index contributed by atoms with van der Waals surface area (Å²) in [5.74, 6) is 0.882. The van der Waals surface area contributed by atoms with Crippen LogP contribution in [0.5, 0.6) is 0 Å². The van der Waals surface area contributed by atoms with Gasteiger partial charge in [-0.3, -0.25) is 9.69 Å². The molecule has 1 saturated carbocycles. The summed E-state index contributed by atoms with van der Waals surface area (Å²) in [6, 6.07) is 0.637. The van der Waals surface area contributed by atoms with Crippen molar-refractivity contribution in [1.82, 2.24) is 9.80 Å². The molecule has 2 rings (SSSR count). The predicted octanol–water partition coefficient (Wildman–Crippen LogP) is 2.16. The molecule has 0 spiro atoms. The standard InChI is InChI=1S/C15H28N2O/c1-3-14-11-17(10-9-16(14)2)12-15(18)13-7-5-4-6-8-13/h13-14H,3-12H2,1-2H3. The molecule has 3 nitrogen and oxygen atoms in total. The average molecular weight is 252 g/mol. The summed E-state index contributed by atoms with van der Waals surface area (Å²) in [6.07, 6.45) is 7.32. The highest BCUT2D eigenvalue weighted by Gasteiger charge is 2.27. The minimum atomic E-state index is 0.374. The monoisotopic (exact) mass is 252 g/mol. The second-order valence-corrected chi connectivity index (χ2v) is 6.08. The van der Waals surface area contributed by atoms with Gasteiger partial charge in [0.15, 0.2) is 0 Å². The van der Waals surface area contributed by atoms with Crippen molar-refractivity contribution in [3.63, 3.8) is 0 Å². The molecule has 2 aliphatic rings. The van der Waals surface area contributed by atoms with Crippen LogP contribution in [0.1, 0.15) is 45.4 Å². The molecule has 104 valence electrons. The second kappa shape index (κ2) is 6.67. The number of carbonyl (C=O) groups excluding carboxylic acids is 1. The van der Waals surface area contributed by atoms with Crippen LogP contribution in [0.25, 0.3) is 0 Å². The minimum Gasteiger partial charge on any atom is -0.301 e. The number of Topliss-reactive ketones (excluding diaryl/α,β-unsaturated/α-hetero) is 1. The van der Waals surface area contributed by atoms with Gasteiger partial charge in [-0.15, -0.1) is 0 Å². The van der Waals surface area contributed by atoms with Crippen molar-refractivity contribution in [3.05, 3.63) is 0 Å². The summed E-state index contributed by atoms with van der Waals surface area (Å²) in [4.78, 5) is 17.1. The largest absolute Gasteiger partial charge is 0.301 e. The Hall–Kier alpha value is -0.410. The lowest BCUT2D eigenvalue weighted by molar-refractivity contribution is -0.125. The van der Waals surface area contributed by atoms with Crippen molar-refractivity contribution < 1.29 is 4.79 Å². The van der Waals surface area contributed by atoms with Gasteiger partial charge in [0, 0.05) is 31.6 Å². The molecule has 0 N–H and O–H groups in total. The quantitative estimate of drug-likeness (QED) is 0.766. The van der Waals surface area contributed by atoms with Gasteiger partial charge in [-0.2, -0.15) is 0 Å². The zero-order valence-corrected chi connectivity index (χ0v) is 12.0. The molecule has 0 aromatic rings. The summed E-state index contributed by atoms with van der Waals surface area (Å²) in [5.41, 5.74) is 0. The predicted molar refractivity (Wildman–Crippen MR) is 74.7 cm³/mol. The van der Waals surface area contributed by atoms with Gasteiger partial charge >= 0.3 is 0 Å². The van der Waals surface area contributed by atoms with Gasteiger partial charge in [-0.05, 0) is 26.3 Å². The highest BCUT2D eigenvalue weighted by Crippen LogP contribution is 2.25. The topological polar surface area (TPSA) is 23.6 Å². The Morgan fingerprint density at radius 3 is 2.56 bits per heavy atom. The molecule has 1 unspecified atom stereocenters. The number of nitrogens with zero attached hydrogens (tertiary/aromatic N) is 2. The van der Waals surface area contributed by atoms with Gasteiger partial charge in [-0.25, -0.2) is 0 Å². The van der Waals surface area contributed by atoms with Gasteiger partial charge in [-0.1, -0.05) is 26.2 Å². The molecular formula is C15H28N2O. The van der Waals surface area contributed by atoms with E-state index in [9.17, 15) is 4.79 Å². The molecule has 0 bridgehead atoms. The Morgan fingerprint density at radius 1 is 1.17 bits per heavy atom. The molecule has 1 heterocycles. The Balaban J connectivity index is 1.80. The summed E-state index contributed by atoms with van der Waals surface area (Å²) in [5, 5.41) is 0. The van der Waals surface area contributed by atoms with E-state index in [0.29, 0.717) is 24.3 Å². The molecule has 1 atom stereocenters. The molecule has 1 aliphatic heterocycles. The third kappa shape index (κ3) is 3.55. The fourth-order valence-electron chi connectivity index (χ4n) is 3.37. The highest BCUT2D eigenvalue weighted by atomic mass is 16.1. The van der Waals surface area contributed by atoms with Gasteiger partial charge in [0.05, 0.1) is 6.54 Å². The smallest absolute Gasteiger partial charge is 0.149 e. The van der Waals surface area contributed by atoms with Crippen molar-refractivity contribution in [2.45, 2.75) is 51.5 Å². The van der Waals surface area contributed by atoms with E-state index in [1.165, 1.54) is 25.7 Å². The fourth-order valence-corrected chi connectivity index (χ4v) is 3.37. The van der Waals surface area contributed by atoms with Crippen molar-refractivity contribution >= 4 is 5.78 Å². The molecular weight excluding hydrogens is 224 g/mol. The van der Waals surface area contributed by atoms with Crippen LogP contribution in [-0.2, 0) is 4.79 Å². The normalized spacial score (nSPS) is 28.4. The number of ketones is 1. The van der Waals surface area contributed by atoms with Crippen LogP contribution in [0.4, 0.5) is 0 Å². The Labute approximate surface area is 112 Å². The number of likely N-dealkylation sites (N-methyl/N-ethyl adjacent to an activating group) is 1. The van der Waals surface area contributed by atoms with Crippen LogP contribution >= 0.6 is 0 Å². The van der Waals surface area contributed by atoms with Crippen LogP contribution in [0, 0.1) is 5.92 Å². The van der Waals surface area contributed by atoms with Gasteiger partial charge in [0.2, 0.25) is 0 Å².